The SMILES string of the molecule is COC(=O)C(Cc1c[nH]c2ccccc12)NC(=O)Cc1csc(-c2cccs2)n1. The highest BCUT2D eigenvalue weighted by Gasteiger charge is 2.23. The molecule has 148 valence electrons. The second-order valence-corrected chi connectivity index (χ2v) is 8.31. The van der Waals surface area contributed by atoms with Crippen LogP contribution in [0.2, 0.25) is 0 Å². The van der Waals surface area contributed by atoms with Gasteiger partial charge < -0.3 is 15.0 Å². The highest BCUT2D eigenvalue weighted by Crippen LogP contribution is 2.28. The number of hydrogen-bond acceptors (Lipinski definition) is 6. The normalized spacial score (nSPS) is 12.0. The molecule has 0 aliphatic carbocycles. The number of fused-ring (bicyclic) bond motifs is 1. The maximum atomic E-state index is 12.6. The Kier molecular flexibility index (Phi) is 5.73. The molecule has 0 saturated carbocycles. The second kappa shape index (κ2) is 8.59. The van der Waals surface area contributed by atoms with Gasteiger partial charge in [0.15, 0.2) is 0 Å². The molecule has 1 aromatic carbocycles. The van der Waals surface area contributed by atoms with Gasteiger partial charge in [-0.2, -0.15) is 0 Å². The number of H-pyrrole nitrogens is 1. The Bertz CT molecular complexity index is 1130. The fourth-order valence-electron chi connectivity index (χ4n) is 3.17. The molecule has 4 rings (SSSR count). The predicted molar refractivity (Wildman–Crippen MR) is 115 cm³/mol. The van der Waals surface area contributed by atoms with Crippen LogP contribution in [0.5, 0.6) is 0 Å². The van der Waals surface area contributed by atoms with Gasteiger partial charge in [-0.05, 0) is 23.1 Å². The molecule has 1 amide bonds. The molecule has 29 heavy (non-hydrogen) atoms. The van der Waals surface area contributed by atoms with Crippen LogP contribution in [0.25, 0.3) is 20.8 Å². The lowest BCUT2D eigenvalue weighted by Crippen LogP contribution is -2.43. The van der Waals surface area contributed by atoms with Crippen molar-refractivity contribution in [2.24, 2.45) is 0 Å². The number of carbonyl (C=O) groups is 2. The molecular formula is C21H19N3O3S2. The minimum Gasteiger partial charge on any atom is -0.467 e. The van der Waals surface area contributed by atoms with Crippen molar-refractivity contribution in [3.8, 4) is 9.88 Å². The molecule has 8 heteroatoms. The molecule has 4 aromatic rings. The van der Waals surface area contributed by atoms with Gasteiger partial charge in [-0.25, -0.2) is 9.78 Å². The van der Waals surface area contributed by atoms with Crippen molar-refractivity contribution < 1.29 is 14.3 Å². The third kappa shape index (κ3) is 4.38. The molecule has 0 aliphatic heterocycles. The van der Waals surface area contributed by atoms with E-state index in [1.165, 1.54) is 18.4 Å². The van der Waals surface area contributed by atoms with Crippen LogP contribution >= 0.6 is 22.7 Å². The summed E-state index contributed by atoms with van der Waals surface area (Å²) in [5.74, 6) is -0.732. The van der Waals surface area contributed by atoms with Crippen LogP contribution in [0.1, 0.15) is 11.3 Å². The maximum Gasteiger partial charge on any atom is 0.328 e. The predicted octanol–water partition coefficient (Wildman–Crippen LogP) is 3.80. The Morgan fingerprint density at radius 1 is 1.21 bits per heavy atom. The fraction of sp³-hybridized carbons (Fsp3) is 0.190. The molecule has 2 N–H and O–H groups in total. The number of nitrogens with one attached hydrogen (secondary N) is 2. The number of ether oxygens (including phenoxy) is 1. The van der Waals surface area contributed by atoms with E-state index in [2.05, 4.69) is 15.3 Å². The van der Waals surface area contributed by atoms with Crippen molar-refractivity contribution in [3.05, 3.63) is 64.6 Å². The molecule has 0 saturated heterocycles. The van der Waals surface area contributed by atoms with Crippen molar-refractivity contribution in [2.75, 3.05) is 7.11 Å². The minimum absolute atomic E-state index is 0.114. The van der Waals surface area contributed by atoms with Crippen molar-refractivity contribution in [1.29, 1.82) is 0 Å². The number of rotatable bonds is 7. The van der Waals surface area contributed by atoms with Gasteiger partial charge in [0.25, 0.3) is 0 Å². The Hall–Kier alpha value is -2.97. The molecule has 1 atom stereocenters. The number of thiazole rings is 1. The van der Waals surface area contributed by atoms with Crippen LogP contribution in [0.3, 0.4) is 0 Å². The lowest BCUT2D eigenvalue weighted by molar-refractivity contribution is -0.145. The zero-order valence-corrected chi connectivity index (χ0v) is 17.3. The topological polar surface area (TPSA) is 84.1 Å². The number of carbonyl (C=O) groups excluding carboxylic acids is 2. The zero-order chi connectivity index (χ0) is 20.2. The summed E-state index contributed by atoms with van der Waals surface area (Å²) in [6.07, 6.45) is 2.32. The third-order valence-electron chi connectivity index (χ3n) is 4.55. The molecule has 3 aromatic heterocycles. The van der Waals surface area contributed by atoms with Crippen LogP contribution in [0.4, 0.5) is 0 Å². The van der Waals surface area contributed by atoms with Gasteiger partial charge in [0.05, 0.1) is 24.1 Å². The van der Waals surface area contributed by atoms with E-state index >= 15 is 0 Å². The van der Waals surface area contributed by atoms with Crippen molar-refractivity contribution in [3.63, 3.8) is 0 Å². The van der Waals surface area contributed by atoms with E-state index in [0.29, 0.717) is 12.1 Å². The number of esters is 1. The van der Waals surface area contributed by atoms with E-state index in [9.17, 15) is 9.59 Å². The first-order chi connectivity index (χ1) is 14.1. The van der Waals surface area contributed by atoms with E-state index < -0.39 is 12.0 Å². The van der Waals surface area contributed by atoms with Gasteiger partial charge in [-0.15, -0.1) is 22.7 Å². The highest BCUT2D eigenvalue weighted by atomic mass is 32.1. The summed E-state index contributed by atoms with van der Waals surface area (Å²) in [5.41, 5.74) is 2.62. The van der Waals surface area contributed by atoms with Crippen LogP contribution in [-0.4, -0.2) is 35.0 Å². The van der Waals surface area contributed by atoms with Crippen molar-refractivity contribution >= 4 is 45.5 Å². The first kappa shape index (κ1) is 19.4. The molecular weight excluding hydrogens is 406 g/mol. The summed E-state index contributed by atoms with van der Waals surface area (Å²) in [5, 5.41) is 8.59. The molecule has 0 spiro atoms. The second-order valence-electron chi connectivity index (χ2n) is 6.50. The molecule has 6 nitrogen and oxygen atoms in total. The largest absolute Gasteiger partial charge is 0.467 e. The molecule has 3 heterocycles. The maximum absolute atomic E-state index is 12.6. The zero-order valence-electron chi connectivity index (χ0n) is 15.7. The summed E-state index contributed by atoms with van der Waals surface area (Å²) in [6, 6.07) is 11.1. The summed E-state index contributed by atoms with van der Waals surface area (Å²) >= 11 is 3.12. The third-order valence-corrected chi connectivity index (χ3v) is 6.48. The lowest BCUT2D eigenvalue weighted by Gasteiger charge is -2.16. The van der Waals surface area contributed by atoms with Crippen LogP contribution < -0.4 is 5.32 Å². The molecule has 0 radical (unpaired) electrons. The average molecular weight is 426 g/mol. The first-order valence-electron chi connectivity index (χ1n) is 9.04. The molecule has 0 fully saturated rings. The highest BCUT2D eigenvalue weighted by molar-refractivity contribution is 7.20. The number of benzene rings is 1. The number of nitrogens with zero attached hydrogens (tertiary/aromatic N) is 1. The van der Waals surface area contributed by atoms with Gasteiger partial charge in [0, 0.05) is 28.9 Å². The number of hydrogen-bond donors (Lipinski definition) is 2. The number of aromatic nitrogens is 2. The smallest absolute Gasteiger partial charge is 0.328 e. The Morgan fingerprint density at radius 3 is 2.86 bits per heavy atom. The van der Waals surface area contributed by atoms with E-state index in [1.54, 1.807) is 11.3 Å². The number of methoxy groups -OCH3 is 1. The summed E-state index contributed by atoms with van der Waals surface area (Å²) in [7, 11) is 1.32. The molecule has 0 aliphatic rings. The number of para-hydroxylation sites is 1. The Morgan fingerprint density at radius 2 is 2.07 bits per heavy atom. The van der Waals surface area contributed by atoms with E-state index in [0.717, 1.165) is 26.4 Å². The number of amides is 1. The van der Waals surface area contributed by atoms with Gasteiger partial charge >= 0.3 is 5.97 Å². The van der Waals surface area contributed by atoms with Crippen LogP contribution in [0.15, 0.2) is 53.4 Å². The monoisotopic (exact) mass is 425 g/mol. The van der Waals surface area contributed by atoms with Gasteiger partial charge in [0.1, 0.15) is 11.0 Å². The summed E-state index contributed by atoms with van der Waals surface area (Å²) < 4.78 is 4.90. The van der Waals surface area contributed by atoms with E-state index in [-0.39, 0.29) is 12.3 Å². The molecule has 0 bridgehead atoms. The van der Waals surface area contributed by atoms with Crippen molar-refractivity contribution in [2.45, 2.75) is 18.9 Å². The van der Waals surface area contributed by atoms with Gasteiger partial charge in [-0.3, -0.25) is 4.79 Å². The Labute approximate surface area is 175 Å². The summed E-state index contributed by atoms with van der Waals surface area (Å²) in [4.78, 5) is 33.6. The van der Waals surface area contributed by atoms with Crippen LogP contribution in [0, 0.1) is 0 Å². The van der Waals surface area contributed by atoms with Crippen molar-refractivity contribution in [1.82, 2.24) is 15.3 Å². The van der Waals surface area contributed by atoms with Gasteiger partial charge in [-0.1, -0.05) is 24.3 Å². The molecule has 1 unspecified atom stereocenters. The Balaban J connectivity index is 1.45. The van der Waals surface area contributed by atoms with Crippen LogP contribution in [-0.2, 0) is 27.2 Å². The lowest BCUT2D eigenvalue weighted by atomic mass is 10.0. The minimum atomic E-state index is -0.762. The number of aromatic amines is 1. The van der Waals surface area contributed by atoms with Gasteiger partial charge in [0.2, 0.25) is 5.91 Å². The number of thiophene rings is 1. The fourth-order valence-corrected chi connectivity index (χ4v) is 4.80. The standard InChI is InChI=1S/C21H19N3O3S2/c1-27-21(26)17(9-13-11-22-16-6-3-2-5-15(13)16)24-19(25)10-14-12-29-20(23-14)18-7-4-8-28-18/h2-8,11-12,17,22H,9-10H2,1H3,(H,24,25). The van der Waals surface area contributed by atoms with E-state index in [1.807, 2.05) is 53.4 Å². The average Bonchev–Trinajstić information content (AvgIpc) is 3.48. The van der Waals surface area contributed by atoms with E-state index in [4.69, 9.17) is 4.74 Å². The quantitative estimate of drug-likeness (QED) is 0.441. The summed E-state index contributed by atoms with van der Waals surface area (Å²) in [6.45, 7) is 0. The first-order valence-corrected chi connectivity index (χ1v) is 10.8.